The second-order valence-electron chi connectivity index (χ2n) is 8.28. The second-order valence-corrected chi connectivity index (χ2v) is 8.28. The number of benzene rings is 2. The Morgan fingerprint density at radius 3 is 2.41 bits per heavy atom. The molecule has 3 heterocycles. The Kier molecular flexibility index (Phi) is 5.03. The molecule has 0 bridgehead atoms. The maximum absolute atomic E-state index is 14.0. The van der Waals surface area contributed by atoms with Crippen molar-refractivity contribution in [3.63, 3.8) is 0 Å². The van der Waals surface area contributed by atoms with Gasteiger partial charge in [-0.25, -0.2) is 0 Å². The summed E-state index contributed by atoms with van der Waals surface area (Å²) in [4.78, 5) is 27.2. The highest BCUT2D eigenvalue weighted by molar-refractivity contribution is 6.04. The molecule has 0 unspecified atom stereocenters. The number of anilines is 1. The summed E-state index contributed by atoms with van der Waals surface area (Å²) in [7, 11) is 0. The first-order chi connectivity index (χ1) is 16.5. The van der Waals surface area contributed by atoms with Crippen LogP contribution in [0.3, 0.4) is 0 Å². The Balaban J connectivity index is 1.68. The molecule has 1 aromatic heterocycles. The van der Waals surface area contributed by atoms with Crippen LogP contribution < -0.4 is 9.64 Å². The molecule has 0 saturated carbocycles. The Hall–Kier alpha value is -4.62. The lowest BCUT2D eigenvalue weighted by Crippen LogP contribution is -2.44. The Bertz CT molecular complexity index is 1360. The van der Waals surface area contributed by atoms with Crippen LogP contribution >= 0.6 is 0 Å². The Labute approximate surface area is 196 Å². The number of hydrogen-bond donors (Lipinski definition) is 0. The molecule has 7 nitrogen and oxygen atoms in total. The van der Waals surface area contributed by atoms with Gasteiger partial charge in [-0.2, -0.15) is 10.5 Å². The van der Waals surface area contributed by atoms with Gasteiger partial charge in [-0.3, -0.25) is 9.59 Å². The molecule has 2 aliphatic heterocycles. The highest BCUT2D eigenvalue weighted by Crippen LogP contribution is 2.55. The normalized spacial score (nSPS) is 21.6. The van der Waals surface area contributed by atoms with Crippen LogP contribution in [0.2, 0.25) is 0 Å². The summed E-state index contributed by atoms with van der Waals surface area (Å²) in [5.41, 5.74) is 0.482. The van der Waals surface area contributed by atoms with Crippen molar-refractivity contribution in [2.45, 2.75) is 24.9 Å². The number of fused-ring (bicyclic) bond motifs is 3. The van der Waals surface area contributed by atoms with Crippen LogP contribution in [0.5, 0.6) is 5.75 Å². The topological polar surface area (TPSA) is 107 Å². The number of nitriles is 2. The van der Waals surface area contributed by atoms with Gasteiger partial charge in [0.1, 0.15) is 17.6 Å². The van der Waals surface area contributed by atoms with Gasteiger partial charge in [0.15, 0.2) is 11.2 Å². The number of carbonyl (C=O) groups is 2. The molecule has 2 aromatic carbocycles. The van der Waals surface area contributed by atoms with Crippen molar-refractivity contribution >= 4 is 23.5 Å². The lowest BCUT2D eigenvalue weighted by molar-refractivity contribution is -0.131. The highest BCUT2D eigenvalue weighted by Gasteiger charge is 2.64. The first-order valence-electron chi connectivity index (χ1n) is 10.7. The lowest BCUT2D eigenvalue weighted by Gasteiger charge is -2.35. The van der Waals surface area contributed by atoms with Gasteiger partial charge < -0.3 is 14.1 Å². The van der Waals surface area contributed by atoms with E-state index in [2.05, 4.69) is 12.1 Å². The van der Waals surface area contributed by atoms with Crippen LogP contribution in [0, 0.1) is 28.1 Å². The molecule has 3 aromatic rings. The maximum atomic E-state index is 14.0. The van der Waals surface area contributed by atoms with E-state index in [0.717, 1.165) is 11.3 Å². The smallest absolute Gasteiger partial charge is 0.308 e. The van der Waals surface area contributed by atoms with E-state index in [9.17, 15) is 20.1 Å². The van der Waals surface area contributed by atoms with Crippen molar-refractivity contribution in [2.24, 2.45) is 5.41 Å². The Morgan fingerprint density at radius 2 is 1.76 bits per heavy atom. The minimum atomic E-state index is -1.56. The fourth-order valence-electron chi connectivity index (χ4n) is 5.03. The van der Waals surface area contributed by atoms with Crippen molar-refractivity contribution in [3.05, 3.63) is 89.9 Å². The molecule has 0 N–H and O–H groups in total. The molecule has 0 aliphatic carbocycles. The van der Waals surface area contributed by atoms with E-state index < -0.39 is 29.4 Å². The van der Waals surface area contributed by atoms with Crippen LogP contribution in [0.25, 0.3) is 6.08 Å². The third-order valence-corrected chi connectivity index (χ3v) is 6.43. The van der Waals surface area contributed by atoms with E-state index in [1.54, 1.807) is 36.4 Å². The van der Waals surface area contributed by atoms with Crippen molar-refractivity contribution in [1.29, 1.82) is 10.5 Å². The van der Waals surface area contributed by atoms with Gasteiger partial charge in [0.25, 0.3) is 0 Å². The summed E-state index contributed by atoms with van der Waals surface area (Å²) in [5, 5.41) is 20.7. The summed E-state index contributed by atoms with van der Waals surface area (Å²) in [5.74, 6) is -0.832. The van der Waals surface area contributed by atoms with Gasteiger partial charge >= 0.3 is 5.97 Å². The van der Waals surface area contributed by atoms with Gasteiger partial charge in [-0.05, 0) is 48.0 Å². The van der Waals surface area contributed by atoms with Gasteiger partial charge in [0, 0.05) is 18.2 Å². The molecule has 34 heavy (non-hydrogen) atoms. The van der Waals surface area contributed by atoms with E-state index >= 15 is 0 Å². The third-order valence-electron chi connectivity index (χ3n) is 6.43. The van der Waals surface area contributed by atoms with Crippen LogP contribution in [-0.2, 0) is 4.79 Å². The summed E-state index contributed by atoms with van der Waals surface area (Å²) in [6.07, 6.45) is 5.19. The third kappa shape index (κ3) is 3.10. The minimum Gasteiger partial charge on any atom is -0.469 e. The monoisotopic (exact) mass is 449 g/mol. The van der Waals surface area contributed by atoms with Crippen molar-refractivity contribution < 1.29 is 18.7 Å². The number of Topliss-reactive ketones (excluding diaryl/α,β-unsaturated/α-hetero) is 1. The van der Waals surface area contributed by atoms with Gasteiger partial charge in [-0.15, -0.1) is 0 Å². The predicted molar refractivity (Wildman–Crippen MR) is 123 cm³/mol. The quantitative estimate of drug-likeness (QED) is 0.328. The fourth-order valence-corrected chi connectivity index (χ4v) is 5.03. The summed E-state index contributed by atoms with van der Waals surface area (Å²) in [6.45, 7) is 1.30. The molecule has 3 atom stereocenters. The Morgan fingerprint density at radius 1 is 1.03 bits per heavy atom. The maximum Gasteiger partial charge on any atom is 0.308 e. The predicted octanol–water partition coefficient (Wildman–Crippen LogP) is 4.49. The van der Waals surface area contributed by atoms with Crippen LogP contribution in [-0.4, -0.2) is 23.8 Å². The molecule has 2 aliphatic rings. The average Bonchev–Trinajstić information content (AvgIpc) is 3.48. The van der Waals surface area contributed by atoms with Crippen molar-refractivity contribution in [3.8, 4) is 17.9 Å². The summed E-state index contributed by atoms with van der Waals surface area (Å²) in [6, 6.07) is 20.2. The largest absolute Gasteiger partial charge is 0.469 e. The number of ether oxygens (including phenoxy) is 1. The molecule has 5 rings (SSSR count). The number of furan rings is 1. The molecular weight excluding hydrogens is 430 g/mol. The molecule has 1 fully saturated rings. The van der Waals surface area contributed by atoms with Gasteiger partial charge in [-0.1, -0.05) is 30.4 Å². The number of esters is 1. The number of ketones is 1. The van der Waals surface area contributed by atoms with Crippen LogP contribution in [0.15, 0.2) is 77.4 Å². The van der Waals surface area contributed by atoms with Gasteiger partial charge in [0.2, 0.25) is 0 Å². The highest BCUT2D eigenvalue weighted by atomic mass is 16.5. The van der Waals surface area contributed by atoms with E-state index in [-0.39, 0.29) is 5.78 Å². The first kappa shape index (κ1) is 21.2. The van der Waals surface area contributed by atoms with Gasteiger partial charge in [0.05, 0.1) is 30.4 Å². The molecule has 0 spiro atoms. The molecule has 0 radical (unpaired) electrons. The first-order valence-corrected chi connectivity index (χ1v) is 10.7. The van der Waals surface area contributed by atoms with E-state index in [1.807, 2.05) is 41.3 Å². The van der Waals surface area contributed by atoms with E-state index in [0.29, 0.717) is 17.1 Å². The lowest BCUT2D eigenvalue weighted by atomic mass is 9.71. The number of nitrogens with zero attached hydrogens (tertiary/aromatic N) is 3. The zero-order chi connectivity index (χ0) is 23.9. The van der Waals surface area contributed by atoms with Crippen LogP contribution in [0.1, 0.15) is 34.5 Å². The van der Waals surface area contributed by atoms with Crippen molar-refractivity contribution in [2.75, 3.05) is 4.90 Å². The number of carbonyl (C=O) groups excluding carboxylic acids is 2. The second kappa shape index (κ2) is 8.06. The minimum absolute atomic E-state index is 0.266. The number of rotatable bonds is 4. The van der Waals surface area contributed by atoms with E-state index in [4.69, 9.17) is 9.15 Å². The molecule has 166 valence electrons. The SMILES string of the molecule is CC(=O)Oc1ccc(C(=O)[C@@H]2[C@@H](c3ccco3)C(C#N)(C#N)[C@@H]3C=Cc4ccccc4N23)cc1. The average molecular weight is 449 g/mol. The molecule has 1 saturated heterocycles. The fraction of sp³-hybridized carbons (Fsp3) is 0.185. The molecular formula is C27H19N3O4. The standard InChI is InChI=1S/C27H19N3O4/c1-17(31)34-20-11-8-19(9-12-20)26(32)25-24(22-7-4-14-33-22)27(15-28,16-29)23-13-10-18-5-2-3-6-21(18)30(23)25/h2-14,23-25H,1H3/t23-,24+,25-/m0/s1. The number of hydrogen-bond acceptors (Lipinski definition) is 7. The van der Waals surface area contributed by atoms with Crippen LogP contribution in [0.4, 0.5) is 5.69 Å². The summed E-state index contributed by atoms with van der Waals surface area (Å²) < 4.78 is 10.8. The molecule has 7 heteroatoms. The molecule has 0 amide bonds. The zero-order valence-electron chi connectivity index (χ0n) is 18.2. The van der Waals surface area contributed by atoms with E-state index in [1.165, 1.54) is 13.2 Å². The number of para-hydroxylation sites is 1. The zero-order valence-corrected chi connectivity index (χ0v) is 18.2. The van der Waals surface area contributed by atoms with Crippen molar-refractivity contribution in [1.82, 2.24) is 0 Å². The summed E-state index contributed by atoms with van der Waals surface area (Å²) >= 11 is 0.